The molecule has 2 fully saturated rings. The minimum Gasteiger partial charge on any atom is -0.310 e. The molecule has 2 heterocycles. The highest BCUT2D eigenvalue weighted by atomic mass is 32.2. The van der Waals surface area contributed by atoms with Gasteiger partial charge in [-0.3, -0.25) is 4.79 Å². The first-order valence-electron chi connectivity index (χ1n) is 10.4. The fourth-order valence-electron chi connectivity index (χ4n) is 4.11. The number of anilines is 1. The Morgan fingerprint density at radius 3 is 2.52 bits per heavy atom. The van der Waals surface area contributed by atoms with Gasteiger partial charge in [-0.05, 0) is 61.4 Å². The summed E-state index contributed by atoms with van der Waals surface area (Å²) < 4.78 is 24.8. The number of carbonyl (C=O) groups excluding carboxylic acids is 1. The van der Waals surface area contributed by atoms with Crippen LogP contribution in [0.3, 0.4) is 0 Å². The second kappa shape index (κ2) is 8.22. The van der Waals surface area contributed by atoms with Crippen LogP contribution >= 0.6 is 0 Å². The van der Waals surface area contributed by atoms with Crippen molar-refractivity contribution in [3.63, 3.8) is 0 Å². The topological polar surface area (TPSA) is 89.0 Å². The molecule has 1 N–H and O–H groups in total. The van der Waals surface area contributed by atoms with Crippen LogP contribution in [0.5, 0.6) is 0 Å². The van der Waals surface area contributed by atoms with Crippen LogP contribution in [-0.2, 0) is 14.6 Å². The number of pyridine rings is 2. The number of rotatable bonds is 7. The number of aryl methyl sites for hydroxylation is 1. The summed E-state index contributed by atoms with van der Waals surface area (Å²) in [7, 11) is -3.33. The Labute approximate surface area is 172 Å². The number of carbonyl (C=O) groups is 1. The Balaban J connectivity index is 1.56. The molecule has 2 aliphatic carbocycles. The second-order valence-electron chi connectivity index (χ2n) is 8.32. The van der Waals surface area contributed by atoms with Crippen LogP contribution in [-0.4, -0.2) is 29.5 Å². The van der Waals surface area contributed by atoms with E-state index >= 15 is 0 Å². The summed E-state index contributed by atoms with van der Waals surface area (Å²) in [5.74, 6) is 0.554. The van der Waals surface area contributed by atoms with Gasteiger partial charge in [0.05, 0.1) is 11.2 Å². The highest BCUT2D eigenvalue weighted by molar-refractivity contribution is 7.92. The number of nitrogens with zero attached hydrogens (tertiary/aromatic N) is 2. The molecule has 0 radical (unpaired) electrons. The number of amides is 1. The summed E-state index contributed by atoms with van der Waals surface area (Å²) in [5, 5.41) is 2.76. The molecule has 0 spiro atoms. The van der Waals surface area contributed by atoms with Crippen molar-refractivity contribution in [3.8, 4) is 0 Å². The molecule has 1 unspecified atom stereocenters. The Morgan fingerprint density at radius 2 is 1.90 bits per heavy atom. The van der Waals surface area contributed by atoms with Crippen LogP contribution in [0.1, 0.15) is 62.0 Å². The monoisotopic (exact) mass is 413 g/mol. The lowest BCUT2D eigenvalue weighted by Gasteiger charge is -2.20. The Kier molecular flexibility index (Phi) is 5.67. The zero-order valence-electron chi connectivity index (χ0n) is 16.7. The third-order valence-electron chi connectivity index (χ3n) is 5.94. The molecule has 1 atom stereocenters. The average Bonchev–Trinajstić information content (AvgIpc) is 3.44. The number of hydrogen-bond acceptors (Lipinski definition) is 5. The zero-order chi connectivity index (χ0) is 20.4. The number of sulfone groups is 1. The summed E-state index contributed by atoms with van der Waals surface area (Å²) in [6.45, 7) is 1.95. The lowest BCUT2D eigenvalue weighted by atomic mass is 9.88. The summed E-state index contributed by atoms with van der Waals surface area (Å²) in [6, 6.07) is 7.04. The van der Waals surface area contributed by atoms with Crippen molar-refractivity contribution < 1.29 is 13.2 Å². The Bertz CT molecular complexity index is 979. The first kappa shape index (κ1) is 20.0. The quantitative estimate of drug-likeness (QED) is 0.740. The minimum atomic E-state index is -3.33. The van der Waals surface area contributed by atoms with Gasteiger partial charge in [-0.25, -0.2) is 18.4 Å². The molecular formula is C22H27N3O3S. The van der Waals surface area contributed by atoms with E-state index in [1.165, 1.54) is 12.8 Å². The Hall–Kier alpha value is -2.28. The van der Waals surface area contributed by atoms with E-state index in [1.807, 2.05) is 19.1 Å². The van der Waals surface area contributed by atoms with Gasteiger partial charge in [0.25, 0.3) is 0 Å². The molecule has 7 heteroatoms. The molecule has 0 saturated heterocycles. The van der Waals surface area contributed by atoms with Gasteiger partial charge in [-0.15, -0.1) is 0 Å². The standard InChI is InChI=1S/C22H27N3O3S/c1-15-10-11-23-20(12-15)25-22(26)19(13-16-4-2-3-5-16)17-6-9-21(24-14-17)29(27,28)18-7-8-18/h6,9-12,14,16,18-19H,2-5,7-8,13H2,1H3,(H,23,25,26). The van der Waals surface area contributed by atoms with Crippen molar-refractivity contribution in [1.29, 1.82) is 0 Å². The molecule has 1 amide bonds. The minimum absolute atomic E-state index is 0.115. The smallest absolute Gasteiger partial charge is 0.233 e. The molecule has 6 nitrogen and oxygen atoms in total. The molecule has 2 aromatic rings. The summed E-state index contributed by atoms with van der Waals surface area (Å²) in [6.07, 6.45) is 10.1. The summed E-state index contributed by atoms with van der Waals surface area (Å²) in [5.41, 5.74) is 1.79. The SMILES string of the molecule is Cc1ccnc(NC(=O)C(CC2CCCC2)c2ccc(S(=O)(=O)C3CC3)nc2)c1. The van der Waals surface area contributed by atoms with Crippen LogP contribution in [0.25, 0.3) is 0 Å². The maximum absolute atomic E-state index is 13.1. The van der Waals surface area contributed by atoms with Crippen molar-refractivity contribution in [1.82, 2.24) is 9.97 Å². The molecule has 154 valence electrons. The van der Waals surface area contributed by atoms with Crippen molar-refractivity contribution in [2.24, 2.45) is 5.92 Å². The Morgan fingerprint density at radius 1 is 1.14 bits per heavy atom. The van der Waals surface area contributed by atoms with Gasteiger partial charge in [-0.2, -0.15) is 0 Å². The first-order valence-corrected chi connectivity index (χ1v) is 11.9. The van der Waals surface area contributed by atoms with Crippen LogP contribution in [0.4, 0.5) is 5.82 Å². The van der Waals surface area contributed by atoms with E-state index in [0.717, 1.165) is 30.4 Å². The molecule has 2 aliphatic rings. The van der Waals surface area contributed by atoms with Gasteiger partial charge >= 0.3 is 0 Å². The van der Waals surface area contributed by atoms with E-state index in [0.29, 0.717) is 24.6 Å². The molecule has 0 aliphatic heterocycles. The predicted octanol–water partition coefficient (Wildman–Crippen LogP) is 4.02. The molecule has 29 heavy (non-hydrogen) atoms. The fraction of sp³-hybridized carbons (Fsp3) is 0.500. The number of hydrogen-bond donors (Lipinski definition) is 1. The maximum atomic E-state index is 13.1. The summed E-state index contributed by atoms with van der Waals surface area (Å²) in [4.78, 5) is 21.6. The van der Waals surface area contributed by atoms with E-state index in [1.54, 1.807) is 24.5 Å². The molecule has 0 bridgehead atoms. The van der Waals surface area contributed by atoms with Crippen LogP contribution < -0.4 is 5.32 Å². The highest BCUT2D eigenvalue weighted by Gasteiger charge is 2.38. The van der Waals surface area contributed by atoms with Gasteiger partial charge in [0.1, 0.15) is 5.82 Å². The van der Waals surface area contributed by atoms with E-state index in [9.17, 15) is 13.2 Å². The second-order valence-corrected chi connectivity index (χ2v) is 10.5. The largest absolute Gasteiger partial charge is 0.310 e. The van der Waals surface area contributed by atoms with Crippen LogP contribution in [0.15, 0.2) is 41.7 Å². The van der Waals surface area contributed by atoms with Crippen molar-refractivity contribution in [2.75, 3.05) is 5.32 Å². The third-order valence-corrected chi connectivity index (χ3v) is 8.12. The normalized spacial score (nSPS) is 18.5. The lowest BCUT2D eigenvalue weighted by molar-refractivity contribution is -0.118. The molecule has 2 aromatic heterocycles. The average molecular weight is 414 g/mol. The van der Waals surface area contributed by atoms with Gasteiger partial charge in [0.2, 0.25) is 5.91 Å². The van der Waals surface area contributed by atoms with Gasteiger partial charge < -0.3 is 5.32 Å². The predicted molar refractivity (Wildman–Crippen MR) is 111 cm³/mol. The molecule has 0 aromatic carbocycles. The van der Waals surface area contributed by atoms with Gasteiger partial charge in [0.15, 0.2) is 14.9 Å². The lowest BCUT2D eigenvalue weighted by Crippen LogP contribution is -2.24. The van der Waals surface area contributed by atoms with E-state index in [2.05, 4.69) is 15.3 Å². The first-order chi connectivity index (χ1) is 13.9. The van der Waals surface area contributed by atoms with Crippen molar-refractivity contribution in [2.45, 2.75) is 68.1 Å². The van der Waals surface area contributed by atoms with Crippen LogP contribution in [0, 0.1) is 12.8 Å². The van der Waals surface area contributed by atoms with Crippen LogP contribution in [0.2, 0.25) is 0 Å². The molecule has 2 saturated carbocycles. The van der Waals surface area contributed by atoms with Gasteiger partial charge in [-0.1, -0.05) is 31.7 Å². The van der Waals surface area contributed by atoms with E-state index in [-0.39, 0.29) is 22.1 Å². The fourth-order valence-corrected chi connectivity index (χ4v) is 5.66. The van der Waals surface area contributed by atoms with E-state index in [4.69, 9.17) is 0 Å². The summed E-state index contributed by atoms with van der Waals surface area (Å²) >= 11 is 0. The molecular weight excluding hydrogens is 386 g/mol. The highest BCUT2D eigenvalue weighted by Crippen LogP contribution is 2.36. The van der Waals surface area contributed by atoms with E-state index < -0.39 is 9.84 Å². The maximum Gasteiger partial charge on any atom is 0.233 e. The number of aromatic nitrogens is 2. The number of nitrogens with one attached hydrogen (secondary N) is 1. The molecule has 4 rings (SSSR count). The zero-order valence-corrected chi connectivity index (χ0v) is 17.5. The van der Waals surface area contributed by atoms with Crippen molar-refractivity contribution >= 4 is 21.6 Å². The third kappa shape index (κ3) is 4.66. The van der Waals surface area contributed by atoms with Gasteiger partial charge in [0, 0.05) is 12.4 Å². The van der Waals surface area contributed by atoms with Crippen molar-refractivity contribution in [3.05, 3.63) is 47.8 Å².